The molecule has 0 atom stereocenters. The smallest absolute Gasteiger partial charge is 0.271 e. The molecule has 0 unspecified atom stereocenters. The van der Waals surface area contributed by atoms with Crippen LogP contribution in [0.2, 0.25) is 0 Å². The third-order valence-corrected chi connectivity index (χ3v) is 3.80. The van der Waals surface area contributed by atoms with Gasteiger partial charge in [-0.05, 0) is 30.5 Å². The Bertz CT molecular complexity index is 608. The molecule has 0 spiro atoms. The zero-order valence-electron chi connectivity index (χ0n) is 12.3. The Labute approximate surface area is 129 Å². The largest absolute Gasteiger partial charge is 0.365 e. The Morgan fingerprint density at radius 3 is 2.59 bits per heavy atom. The molecule has 6 heteroatoms. The average molecular weight is 297 g/mol. The van der Waals surface area contributed by atoms with Crippen molar-refractivity contribution in [2.75, 3.05) is 5.32 Å². The van der Waals surface area contributed by atoms with E-state index in [1.165, 1.54) is 19.0 Å². The lowest BCUT2D eigenvalue weighted by molar-refractivity contribution is 0.0932. The van der Waals surface area contributed by atoms with E-state index in [2.05, 4.69) is 25.6 Å². The molecule has 1 aliphatic rings. The number of nitrogens with zero attached hydrogens (tertiary/aromatic N) is 3. The van der Waals surface area contributed by atoms with Crippen molar-refractivity contribution >= 4 is 11.7 Å². The number of hydrogen-bond acceptors (Lipinski definition) is 5. The molecule has 0 aliphatic heterocycles. The van der Waals surface area contributed by atoms with Gasteiger partial charge in [0.25, 0.3) is 5.91 Å². The maximum atomic E-state index is 12.1. The minimum absolute atomic E-state index is 0.139. The number of carbonyl (C=O) groups excluding carboxylic acids is 1. The number of pyridine rings is 1. The van der Waals surface area contributed by atoms with Gasteiger partial charge in [0.2, 0.25) is 0 Å². The van der Waals surface area contributed by atoms with Crippen LogP contribution in [0.25, 0.3) is 0 Å². The third kappa shape index (κ3) is 3.78. The summed E-state index contributed by atoms with van der Waals surface area (Å²) in [5.41, 5.74) is 1.47. The van der Waals surface area contributed by atoms with Gasteiger partial charge in [-0.2, -0.15) is 0 Å². The zero-order chi connectivity index (χ0) is 15.2. The average Bonchev–Trinajstić information content (AvgIpc) is 3.07. The van der Waals surface area contributed by atoms with Crippen LogP contribution in [0, 0.1) is 0 Å². The molecule has 3 rings (SSSR count). The Balaban J connectivity index is 1.54. The van der Waals surface area contributed by atoms with Gasteiger partial charge in [-0.1, -0.05) is 12.8 Å². The molecule has 6 nitrogen and oxygen atoms in total. The molecular formula is C16H19N5O. The zero-order valence-corrected chi connectivity index (χ0v) is 12.3. The highest BCUT2D eigenvalue weighted by Gasteiger charge is 2.18. The Hall–Kier alpha value is -2.50. The number of amides is 1. The van der Waals surface area contributed by atoms with Crippen molar-refractivity contribution in [2.45, 2.75) is 38.3 Å². The fourth-order valence-corrected chi connectivity index (χ4v) is 2.56. The summed E-state index contributed by atoms with van der Waals surface area (Å²) in [6, 6.07) is 4.16. The maximum Gasteiger partial charge on any atom is 0.271 e. The van der Waals surface area contributed by atoms with Gasteiger partial charge in [-0.25, -0.2) is 9.97 Å². The molecule has 0 radical (unpaired) electrons. The summed E-state index contributed by atoms with van der Waals surface area (Å²) in [4.78, 5) is 24.4. The fourth-order valence-electron chi connectivity index (χ4n) is 2.56. The van der Waals surface area contributed by atoms with Crippen LogP contribution < -0.4 is 10.6 Å². The lowest BCUT2D eigenvalue weighted by Gasteiger charge is -2.11. The summed E-state index contributed by atoms with van der Waals surface area (Å²) in [7, 11) is 0. The van der Waals surface area contributed by atoms with Gasteiger partial charge >= 0.3 is 0 Å². The minimum atomic E-state index is -0.139. The highest BCUT2D eigenvalue weighted by atomic mass is 16.1. The summed E-state index contributed by atoms with van der Waals surface area (Å²) < 4.78 is 0. The van der Waals surface area contributed by atoms with Gasteiger partial charge in [-0.15, -0.1) is 0 Å². The van der Waals surface area contributed by atoms with Crippen molar-refractivity contribution < 1.29 is 4.79 Å². The summed E-state index contributed by atoms with van der Waals surface area (Å²) in [6.07, 6.45) is 11.1. The highest BCUT2D eigenvalue weighted by Crippen LogP contribution is 2.17. The molecule has 2 aromatic rings. The molecule has 1 saturated carbocycles. The number of nitrogens with one attached hydrogen (secondary N) is 2. The fraction of sp³-hybridized carbons (Fsp3) is 0.375. The number of hydrogen-bond donors (Lipinski definition) is 2. The molecule has 1 amide bonds. The van der Waals surface area contributed by atoms with Crippen molar-refractivity contribution in [2.24, 2.45) is 0 Å². The molecule has 1 fully saturated rings. The van der Waals surface area contributed by atoms with E-state index in [9.17, 15) is 4.79 Å². The Morgan fingerprint density at radius 2 is 1.91 bits per heavy atom. The number of aromatic nitrogens is 3. The number of anilines is 1. The summed E-state index contributed by atoms with van der Waals surface area (Å²) >= 11 is 0. The standard InChI is InChI=1S/C16H19N5O/c22-16(21-13-3-1-2-4-13)14-10-20-15(11-18-14)19-9-12-5-7-17-8-6-12/h5-8,10-11,13H,1-4,9H2,(H,19,20)(H,21,22). The predicted octanol–water partition coefficient (Wildman–Crippen LogP) is 2.16. The Kier molecular flexibility index (Phi) is 4.58. The molecule has 2 N–H and O–H groups in total. The Morgan fingerprint density at radius 1 is 1.14 bits per heavy atom. The minimum Gasteiger partial charge on any atom is -0.365 e. The van der Waals surface area contributed by atoms with E-state index in [4.69, 9.17) is 0 Å². The SMILES string of the molecule is O=C(NC1CCCC1)c1cnc(NCc2ccncc2)cn1. The van der Waals surface area contributed by atoms with E-state index in [-0.39, 0.29) is 5.91 Å². The van der Waals surface area contributed by atoms with Crippen molar-refractivity contribution in [3.8, 4) is 0 Å². The van der Waals surface area contributed by atoms with Crippen molar-refractivity contribution in [3.05, 3.63) is 48.2 Å². The first-order valence-electron chi connectivity index (χ1n) is 7.57. The molecule has 2 heterocycles. The second-order valence-corrected chi connectivity index (χ2v) is 5.45. The molecule has 0 bridgehead atoms. The molecule has 2 aromatic heterocycles. The molecule has 1 aliphatic carbocycles. The van der Waals surface area contributed by atoms with E-state index in [0.717, 1.165) is 18.4 Å². The van der Waals surface area contributed by atoms with Crippen LogP contribution in [0.3, 0.4) is 0 Å². The van der Waals surface area contributed by atoms with Crippen molar-refractivity contribution in [1.82, 2.24) is 20.3 Å². The summed E-state index contributed by atoms with van der Waals surface area (Å²) in [5, 5.41) is 6.17. The van der Waals surface area contributed by atoms with Crippen LogP contribution in [0.5, 0.6) is 0 Å². The van der Waals surface area contributed by atoms with E-state index in [1.54, 1.807) is 18.6 Å². The van der Waals surface area contributed by atoms with Gasteiger partial charge in [-0.3, -0.25) is 9.78 Å². The number of rotatable bonds is 5. The molecule has 0 saturated heterocycles. The van der Waals surface area contributed by atoms with Crippen LogP contribution in [0.1, 0.15) is 41.7 Å². The van der Waals surface area contributed by atoms with Gasteiger partial charge in [0.1, 0.15) is 11.5 Å². The quantitative estimate of drug-likeness (QED) is 0.884. The van der Waals surface area contributed by atoms with Crippen LogP contribution in [0.4, 0.5) is 5.82 Å². The van der Waals surface area contributed by atoms with Crippen LogP contribution in [0.15, 0.2) is 36.9 Å². The van der Waals surface area contributed by atoms with E-state index >= 15 is 0 Å². The van der Waals surface area contributed by atoms with Crippen LogP contribution >= 0.6 is 0 Å². The molecular weight excluding hydrogens is 278 g/mol. The van der Waals surface area contributed by atoms with Crippen LogP contribution in [-0.4, -0.2) is 26.9 Å². The molecule has 22 heavy (non-hydrogen) atoms. The van der Waals surface area contributed by atoms with Gasteiger partial charge in [0, 0.05) is 25.0 Å². The highest BCUT2D eigenvalue weighted by molar-refractivity contribution is 5.92. The monoisotopic (exact) mass is 297 g/mol. The number of carbonyl (C=O) groups is 1. The van der Waals surface area contributed by atoms with E-state index in [0.29, 0.717) is 24.1 Å². The van der Waals surface area contributed by atoms with E-state index in [1.807, 2.05) is 12.1 Å². The van der Waals surface area contributed by atoms with Crippen molar-refractivity contribution in [3.63, 3.8) is 0 Å². The normalized spacial score (nSPS) is 14.7. The topological polar surface area (TPSA) is 79.8 Å². The van der Waals surface area contributed by atoms with E-state index < -0.39 is 0 Å². The van der Waals surface area contributed by atoms with Gasteiger partial charge in [0.15, 0.2) is 0 Å². The third-order valence-electron chi connectivity index (χ3n) is 3.80. The first-order valence-corrected chi connectivity index (χ1v) is 7.57. The maximum absolute atomic E-state index is 12.1. The summed E-state index contributed by atoms with van der Waals surface area (Å²) in [5.74, 6) is 0.509. The van der Waals surface area contributed by atoms with Crippen molar-refractivity contribution in [1.29, 1.82) is 0 Å². The van der Waals surface area contributed by atoms with Gasteiger partial charge in [0.05, 0.1) is 12.4 Å². The predicted molar refractivity (Wildman–Crippen MR) is 83.3 cm³/mol. The lowest BCUT2D eigenvalue weighted by Crippen LogP contribution is -2.33. The second-order valence-electron chi connectivity index (χ2n) is 5.45. The molecule has 114 valence electrons. The second kappa shape index (κ2) is 6.98. The van der Waals surface area contributed by atoms with Gasteiger partial charge < -0.3 is 10.6 Å². The molecule has 0 aromatic carbocycles. The first kappa shape index (κ1) is 14.4. The first-order chi connectivity index (χ1) is 10.8. The lowest BCUT2D eigenvalue weighted by atomic mass is 10.2. The summed E-state index contributed by atoms with van der Waals surface area (Å²) in [6.45, 7) is 0.644. The van der Waals surface area contributed by atoms with Crippen LogP contribution in [-0.2, 0) is 6.54 Å².